The van der Waals surface area contributed by atoms with E-state index in [0.29, 0.717) is 31.8 Å². The van der Waals surface area contributed by atoms with Gasteiger partial charge in [0, 0.05) is 6.54 Å². The highest BCUT2D eigenvalue weighted by Crippen LogP contribution is 2.39. The highest BCUT2D eigenvalue weighted by molar-refractivity contribution is 9.10. The lowest BCUT2D eigenvalue weighted by Gasteiger charge is -2.14. The van der Waals surface area contributed by atoms with Gasteiger partial charge in [0.2, 0.25) is 0 Å². The molecule has 0 aromatic heterocycles. The number of thiocarbonyl (C=S) groups is 1. The van der Waals surface area contributed by atoms with E-state index in [1.165, 1.54) is 4.90 Å². The van der Waals surface area contributed by atoms with Crippen LogP contribution in [0.15, 0.2) is 51.8 Å². The van der Waals surface area contributed by atoms with E-state index in [0.717, 1.165) is 22.9 Å². The normalized spacial score (nSPS) is 15.0. The van der Waals surface area contributed by atoms with E-state index in [-0.39, 0.29) is 18.9 Å². The van der Waals surface area contributed by atoms with Crippen molar-refractivity contribution in [2.24, 2.45) is 0 Å². The van der Waals surface area contributed by atoms with Crippen LogP contribution >= 0.6 is 39.9 Å². The molecule has 1 aliphatic heterocycles. The lowest BCUT2D eigenvalue weighted by Crippen LogP contribution is -2.30. The number of rotatable bonds is 8. The minimum absolute atomic E-state index is 0.0522. The number of carbonyl (C=O) groups excluding carboxylic acids is 1. The number of methoxy groups -OCH3 is 1. The minimum atomic E-state index is -0.979. The summed E-state index contributed by atoms with van der Waals surface area (Å²) in [7, 11) is 1.55. The van der Waals surface area contributed by atoms with Crippen molar-refractivity contribution in [1.82, 2.24) is 4.90 Å². The third kappa shape index (κ3) is 5.41. The highest BCUT2D eigenvalue weighted by atomic mass is 79.9. The number of nitrogens with zero attached hydrogens (tertiary/aromatic N) is 1. The van der Waals surface area contributed by atoms with Crippen molar-refractivity contribution in [2.75, 3.05) is 13.7 Å². The molecular weight excluding hydrogens is 490 g/mol. The van der Waals surface area contributed by atoms with Gasteiger partial charge in [0.15, 0.2) is 11.5 Å². The van der Waals surface area contributed by atoms with Crippen LogP contribution in [0.2, 0.25) is 0 Å². The lowest BCUT2D eigenvalue weighted by atomic mass is 10.1. The van der Waals surface area contributed by atoms with Crippen molar-refractivity contribution in [1.29, 1.82) is 0 Å². The molecule has 0 spiro atoms. The van der Waals surface area contributed by atoms with E-state index >= 15 is 0 Å². The molecule has 1 fully saturated rings. The minimum Gasteiger partial charge on any atom is -0.493 e. The fourth-order valence-electron chi connectivity index (χ4n) is 2.74. The summed E-state index contributed by atoms with van der Waals surface area (Å²) in [6.07, 6.45) is 1.54. The molecule has 30 heavy (non-hydrogen) atoms. The van der Waals surface area contributed by atoms with E-state index in [4.69, 9.17) is 26.8 Å². The summed E-state index contributed by atoms with van der Waals surface area (Å²) in [4.78, 5) is 25.1. The Balaban J connectivity index is 1.80. The van der Waals surface area contributed by atoms with Crippen molar-refractivity contribution in [3.63, 3.8) is 0 Å². The molecule has 0 radical (unpaired) electrons. The van der Waals surface area contributed by atoms with Gasteiger partial charge in [-0.3, -0.25) is 14.5 Å². The van der Waals surface area contributed by atoms with Crippen LogP contribution in [-0.4, -0.2) is 39.9 Å². The third-order valence-electron chi connectivity index (χ3n) is 4.20. The number of benzene rings is 2. The standard InChI is InChI=1S/C21H18BrNO5S2/c1-27-16-10-14(9-15(22)19(16)28-12-13-5-3-2-4-6-13)11-17-20(26)23(21(29)30-17)8-7-18(24)25/h2-6,9-11H,7-8,12H2,1H3,(H,24,25)/b17-11-. The average Bonchev–Trinajstić information content (AvgIpc) is 2.98. The molecule has 0 unspecified atom stereocenters. The first-order valence-corrected chi connectivity index (χ1v) is 10.9. The van der Waals surface area contributed by atoms with E-state index < -0.39 is 5.97 Å². The zero-order valence-electron chi connectivity index (χ0n) is 16.0. The van der Waals surface area contributed by atoms with Crippen molar-refractivity contribution in [2.45, 2.75) is 13.0 Å². The zero-order valence-corrected chi connectivity index (χ0v) is 19.2. The summed E-state index contributed by atoms with van der Waals surface area (Å²) in [5.74, 6) is -0.195. The summed E-state index contributed by atoms with van der Waals surface area (Å²) in [5.41, 5.74) is 1.75. The second-order valence-electron chi connectivity index (χ2n) is 6.29. The molecule has 2 aromatic rings. The highest BCUT2D eigenvalue weighted by Gasteiger charge is 2.32. The van der Waals surface area contributed by atoms with Gasteiger partial charge in [-0.15, -0.1) is 0 Å². The third-order valence-corrected chi connectivity index (χ3v) is 6.17. The monoisotopic (exact) mass is 507 g/mol. The molecule has 0 saturated carbocycles. The number of ether oxygens (including phenoxy) is 2. The predicted octanol–water partition coefficient (Wildman–Crippen LogP) is 4.71. The molecule has 6 nitrogen and oxygen atoms in total. The number of halogens is 1. The Kier molecular flexibility index (Phi) is 7.52. The Morgan fingerprint density at radius 3 is 2.70 bits per heavy atom. The molecule has 1 aliphatic rings. The zero-order chi connectivity index (χ0) is 21.7. The number of hydrogen-bond acceptors (Lipinski definition) is 6. The first-order valence-electron chi connectivity index (χ1n) is 8.90. The van der Waals surface area contributed by atoms with Crippen molar-refractivity contribution in [3.8, 4) is 11.5 Å². The topological polar surface area (TPSA) is 76.1 Å². The average molecular weight is 508 g/mol. The SMILES string of the molecule is COc1cc(/C=C2\SC(=S)N(CCC(=O)O)C2=O)cc(Br)c1OCc1ccccc1. The van der Waals surface area contributed by atoms with Crippen molar-refractivity contribution in [3.05, 3.63) is 63.0 Å². The van der Waals surface area contributed by atoms with Crippen LogP contribution in [0.5, 0.6) is 11.5 Å². The van der Waals surface area contributed by atoms with Crippen molar-refractivity contribution >= 4 is 62.2 Å². The molecule has 0 bridgehead atoms. The Hall–Kier alpha value is -2.36. The second-order valence-corrected chi connectivity index (χ2v) is 8.82. The van der Waals surface area contributed by atoms with Crippen LogP contribution in [0.25, 0.3) is 6.08 Å². The number of amides is 1. The first-order chi connectivity index (χ1) is 14.4. The summed E-state index contributed by atoms with van der Waals surface area (Å²) in [6.45, 7) is 0.438. The summed E-state index contributed by atoms with van der Waals surface area (Å²) < 4.78 is 12.4. The Morgan fingerprint density at radius 1 is 1.30 bits per heavy atom. The molecule has 156 valence electrons. The van der Waals surface area contributed by atoms with E-state index in [2.05, 4.69) is 15.9 Å². The van der Waals surface area contributed by atoms with Gasteiger partial charge in [-0.1, -0.05) is 54.3 Å². The van der Waals surface area contributed by atoms with E-state index in [9.17, 15) is 9.59 Å². The van der Waals surface area contributed by atoms with Gasteiger partial charge in [0.1, 0.15) is 10.9 Å². The molecule has 1 saturated heterocycles. The maximum Gasteiger partial charge on any atom is 0.305 e. The van der Waals surface area contributed by atoms with Crippen LogP contribution in [0.3, 0.4) is 0 Å². The molecule has 9 heteroatoms. The Bertz CT molecular complexity index is 1010. The number of hydrogen-bond donors (Lipinski definition) is 1. The quantitative estimate of drug-likeness (QED) is 0.409. The Labute approximate surface area is 192 Å². The molecule has 1 amide bonds. The smallest absolute Gasteiger partial charge is 0.305 e. The lowest BCUT2D eigenvalue weighted by molar-refractivity contribution is -0.137. The van der Waals surface area contributed by atoms with Crippen LogP contribution < -0.4 is 9.47 Å². The largest absolute Gasteiger partial charge is 0.493 e. The van der Waals surface area contributed by atoms with E-state index in [1.54, 1.807) is 19.3 Å². The Morgan fingerprint density at radius 2 is 2.03 bits per heavy atom. The number of carbonyl (C=O) groups is 2. The number of carboxylic acid groups (broad SMARTS) is 1. The molecule has 0 atom stereocenters. The van der Waals surface area contributed by atoms with Gasteiger partial charge >= 0.3 is 5.97 Å². The van der Waals surface area contributed by atoms with Crippen LogP contribution in [0, 0.1) is 0 Å². The molecular formula is C21H18BrNO5S2. The molecule has 1 heterocycles. The summed E-state index contributed by atoms with van der Waals surface area (Å²) in [5, 5.41) is 8.84. The van der Waals surface area contributed by atoms with Crippen LogP contribution in [0.1, 0.15) is 17.5 Å². The van der Waals surface area contributed by atoms with Gasteiger partial charge in [0.05, 0.1) is 22.9 Å². The molecule has 3 rings (SSSR count). The molecule has 0 aliphatic carbocycles. The van der Waals surface area contributed by atoms with Gasteiger partial charge in [-0.2, -0.15) is 0 Å². The van der Waals surface area contributed by atoms with Gasteiger partial charge in [-0.25, -0.2) is 0 Å². The summed E-state index contributed by atoms with van der Waals surface area (Å²) in [6, 6.07) is 13.4. The van der Waals surface area contributed by atoms with Crippen LogP contribution in [0.4, 0.5) is 0 Å². The van der Waals surface area contributed by atoms with Crippen LogP contribution in [-0.2, 0) is 16.2 Å². The number of aliphatic carboxylic acids is 1. The maximum absolute atomic E-state index is 12.6. The first kappa shape index (κ1) is 22.3. The summed E-state index contributed by atoms with van der Waals surface area (Å²) >= 11 is 9.88. The second kappa shape index (κ2) is 10.1. The van der Waals surface area contributed by atoms with Crippen molar-refractivity contribution < 1.29 is 24.2 Å². The fourth-order valence-corrected chi connectivity index (χ4v) is 4.63. The fraction of sp³-hybridized carbons (Fsp3) is 0.190. The number of carboxylic acids is 1. The molecule has 2 aromatic carbocycles. The maximum atomic E-state index is 12.6. The number of thioether (sulfide) groups is 1. The van der Waals surface area contributed by atoms with E-state index in [1.807, 2.05) is 36.4 Å². The van der Waals surface area contributed by atoms with Gasteiger partial charge in [-0.05, 0) is 45.3 Å². The van der Waals surface area contributed by atoms with Gasteiger partial charge < -0.3 is 14.6 Å². The van der Waals surface area contributed by atoms with Gasteiger partial charge in [0.25, 0.3) is 5.91 Å². The predicted molar refractivity (Wildman–Crippen MR) is 124 cm³/mol. The molecule has 1 N–H and O–H groups in total.